The highest BCUT2D eigenvalue weighted by Crippen LogP contribution is 2.49. The minimum absolute atomic E-state index is 0.0205. The number of carbonyl (C=O) groups is 2. The molecule has 0 spiro atoms. The number of benzene rings is 2. The van der Waals surface area contributed by atoms with E-state index in [0.29, 0.717) is 53.9 Å². The standard InChI is InChI=1S/C33H35F6NO5/c1-3-6-20-13-25-29(26(17-41)28(20)27(43)10-9-18(4-2)11-19-7-5-8-24(42)12-19)31(45)40(30(25)44)23-15-21(32(34,35)36)14-22(16-23)33(37,38)39/h5,7-8,11-12,14-16,25-27,29,41-43H,3-4,6,9-10,13,17H2,1-2H3/b18-11+/t25-,26+,27-,29-/m1/s1. The topological polar surface area (TPSA) is 98.1 Å². The highest BCUT2D eigenvalue weighted by atomic mass is 19.4. The van der Waals surface area contributed by atoms with E-state index in [2.05, 4.69) is 0 Å². The summed E-state index contributed by atoms with van der Waals surface area (Å²) in [5.74, 6) is -5.32. The van der Waals surface area contributed by atoms with Gasteiger partial charge in [-0.15, -0.1) is 0 Å². The first-order valence-corrected chi connectivity index (χ1v) is 14.8. The molecule has 4 atom stereocenters. The Balaban J connectivity index is 1.68. The molecule has 1 fully saturated rings. The van der Waals surface area contributed by atoms with Crippen LogP contribution in [0, 0.1) is 17.8 Å². The van der Waals surface area contributed by atoms with E-state index >= 15 is 0 Å². The van der Waals surface area contributed by atoms with Crippen LogP contribution >= 0.6 is 0 Å². The molecule has 0 radical (unpaired) electrons. The lowest BCUT2D eigenvalue weighted by Gasteiger charge is -2.36. The van der Waals surface area contributed by atoms with E-state index in [1.165, 1.54) is 6.07 Å². The molecule has 6 nitrogen and oxygen atoms in total. The maximum absolute atomic E-state index is 13.7. The van der Waals surface area contributed by atoms with Gasteiger partial charge in [0.1, 0.15) is 5.75 Å². The molecule has 2 amide bonds. The van der Waals surface area contributed by atoms with Crippen molar-refractivity contribution in [2.24, 2.45) is 17.8 Å². The van der Waals surface area contributed by atoms with Crippen molar-refractivity contribution in [3.63, 3.8) is 0 Å². The number of rotatable bonds is 10. The number of hydrogen-bond acceptors (Lipinski definition) is 5. The summed E-state index contributed by atoms with van der Waals surface area (Å²) in [6.45, 7) is 3.13. The molecular formula is C33H35F6NO5. The Kier molecular flexibility index (Phi) is 10.2. The fourth-order valence-electron chi connectivity index (χ4n) is 6.50. The van der Waals surface area contributed by atoms with Gasteiger partial charge in [-0.05, 0) is 73.6 Å². The van der Waals surface area contributed by atoms with Gasteiger partial charge in [-0.1, -0.05) is 49.6 Å². The van der Waals surface area contributed by atoms with Crippen LogP contribution < -0.4 is 4.90 Å². The molecule has 0 aromatic heterocycles. The van der Waals surface area contributed by atoms with Crippen LogP contribution in [0.25, 0.3) is 6.08 Å². The number of phenols is 1. The molecular weight excluding hydrogens is 604 g/mol. The zero-order valence-corrected chi connectivity index (χ0v) is 24.8. The van der Waals surface area contributed by atoms with Crippen molar-refractivity contribution < 1.29 is 51.3 Å². The number of aliphatic hydroxyl groups excluding tert-OH is 2. The first kappa shape index (κ1) is 34.2. The van der Waals surface area contributed by atoms with Crippen molar-refractivity contribution in [1.82, 2.24) is 0 Å². The van der Waals surface area contributed by atoms with Gasteiger partial charge in [-0.3, -0.25) is 9.59 Å². The first-order valence-electron chi connectivity index (χ1n) is 14.8. The number of phenolic OH excluding ortho intramolecular Hbond substituents is 1. The number of anilines is 1. The predicted octanol–water partition coefficient (Wildman–Crippen LogP) is 7.28. The second-order valence-electron chi connectivity index (χ2n) is 11.5. The summed E-state index contributed by atoms with van der Waals surface area (Å²) in [5, 5.41) is 31.7. The second-order valence-corrected chi connectivity index (χ2v) is 11.5. The second kappa shape index (κ2) is 13.4. The summed E-state index contributed by atoms with van der Waals surface area (Å²) in [6.07, 6.45) is -7.37. The number of hydrogen-bond donors (Lipinski definition) is 3. The van der Waals surface area contributed by atoms with Gasteiger partial charge in [0.2, 0.25) is 11.8 Å². The fraction of sp³-hybridized carbons (Fsp3) is 0.455. The average molecular weight is 640 g/mol. The molecule has 2 aliphatic rings. The highest BCUT2D eigenvalue weighted by Gasteiger charge is 2.55. The maximum Gasteiger partial charge on any atom is 0.416 e. The molecule has 1 aliphatic carbocycles. The normalized spacial score (nSPS) is 21.9. The molecule has 0 bridgehead atoms. The van der Waals surface area contributed by atoms with E-state index in [4.69, 9.17) is 0 Å². The van der Waals surface area contributed by atoms with Crippen LogP contribution in [0.1, 0.15) is 69.1 Å². The van der Waals surface area contributed by atoms with E-state index in [1.807, 2.05) is 26.0 Å². The Hall–Kier alpha value is -3.64. The molecule has 2 aromatic rings. The van der Waals surface area contributed by atoms with Gasteiger partial charge in [0.15, 0.2) is 0 Å². The number of aliphatic hydroxyl groups is 2. The fourth-order valence-corrected chi connectivity index (χ4v) is 6.50. The minimum Gasteiger partial charge on any atom is -0.508 e. The molecule has 45 heavy (non-hydrogen) atoms. The number of fused-ring (bicyclic) bond motifs is 1. The molecule has 244 valence electrons. The van der Waals surface area contributed by atoms with Crippen LogP contribution in [0.2, 0.25) is 0 Å². The van der Waals surface area contributed by atoms with E-state index < -0.39 is 71.4 Å². The van der Waals surface area contributed by atoms with Crippen molar-refractivity contribution in [2.75, 3.05) is 11.5 Å². The van der Waals surface area contributed by atoms with Gasteiger partial charge in [-0.25, -0.2) is 4.90 Å². The quantitative estimate of drug-likeness (QED) is 0.144. The van der Waals surface area contributed by atoms with Gasteiger partial charge in [0.25, 0.3) is 0 Å². The van der Waals surface area contributed by atoms with Gasteiger partial charge < -0.3 is 15.3 Å². The Labute approximate surface area is 256 Å². The molecule has 1 heterocycles. The summed E-state index contributed by atoms with van der Waals surface area (Å²) in [5.41, 5.74) is -1.42. The van der Waals surface area contributed by atoms with Crippen molar-refractivity contribution in [3.05, 3.63) is 75.9 Å². The number of alkyl halides is 6. The number of aromatic hydroxyl groups is 1. The Morgan fingerprint density at radius 3 is 2.18 bits per heavy atom. The van der Waals surface area contributed by atoms with E-state index in [9.17, 15) is 51.3 Å². The molecule has 0 saturated carbocycles. The summed E-state index contributed by atoms with van der Waals surface area (Å²) < 4.78 is 81.4. The summed E-state index contributed by atoms with van der Waals surface area (Å²) in [7, 11) is 0. The maximum atomic E-state index is 13.7. The van der Waals surface area contributed by atoms with Crippen LogP contribution in [-0.2, 0) is 21.9 Å². The summed E-state index contributed by atoms with van der Waals surface area (Å²) in [4.78, 5) is 27.6. The molecule has 2 aromatic carbocycles. The zero-order chi connectivity index (χ0) is 33.3. The summed E-state index contributed by atoms with van der Waals surface area (Å²) in [6, 6.07) is 7.25. The summed E-state index contributed by atoms with van der Waals surface area (Å²) >= 11 is 0. The van der Waals surface area contributed by atoms with Crippen LogP contribution in [0.3, 0.4) is 0 Å². The SMILES string of the molecule is CCCC1=C([C@H](O)CC/C(=C/c2cccc(O)c2)CC)[C@H](CO)[C@@H]2C(=O)N(c3cc(C(F)(F)F)cc(C(F)(F)F)c3)C(=O)[C@@H]2C1. The van der Waals surface area contributed by atoms with E-state index in [-0.39, 0.29) is 24.7 Å². The number of halogens is 6. The molecule has 1 saturated heterocycles. The van der Waals surface area contributed by atoms with Crippen molar-refractivity contribution in [3.8, 4) is 5.75 Å². The lowest BCUT2D eigenvalue weighted by Crippen LogP contribution is -2.39. The monoisotopic (exact) mass is 639 g/mol. The van der Waals surface area contributed by atoms with Crippen LogP contribution in [0.4, 0.5) is 32.0 Å². The van der Waals surface area contributed by atoms with Crippen molar-refractivity contribution >= 4 is 23.6 Å². The number of carbonyl (C=O) groups excluding carboxylic acids is 2. The van der Waals surface area contributed by atoms with Crippen LogP contribution in [0.15, 0.2) is 59.2 Å². The zero-order valence-electron chi connectivity index (χ0n) is 24.8. The van der Waals surface area contributed by atoms with E-state index in [1.54, 1.807) is 12.1 Å². The third kappa shape index (κ3) is 7.27. The minimum atomic E-state index is -5.18. The van der Waals surface area contributed by atoms with Crippen LogP contribution in [-0.4, -0.2) is 39.8 Å². The smallest absolute Gasteiger partial charge is 0.416 e. The lowest BCUT2D eigenvalue weighted by atomic mass is 9.67. The molecule has 1 aliphatic heterocycles. The average Bonchev–Trinajstić information content (AvgIpc) is 3.22. The van der Waals surface area contributed by atoms with Gasteiger partial charge >= 0.3 is 12.4 Å². The van der Waals surface area contributed by atoms with Gasteiger partial charge in [-0.2, -0.15) is 26.3 Å². The van der Waals surface area contributed by atoms with Crippen molar-refractivity contribution in [2.45, 2.75) is 70.8 Å². The van der Waals surface area contributed by atoms with E-state index in [0.717, 1.165) is 11.1 Å². The predicted molar refractivity (Wildman–Crippen MR) is 155 cm³/mol. The third-order valence-electron chi connectivity index (χ3n) is 8.56. The Bertz CT molecular complexity index is 1460. The highest BCUT2D eigenvalue weighted by molar-refractivity contribution is 6.22. The Morgan fingerprint density at radius 2 is 1.64 bits per heavy atom. The molecule has 0 unspecified atom stereocenters. The largest absolute Gasteiger partial charge is 0.508 e. The number of nitrogens with zero attached hydrogens (tertiary/aromatic N) is 1. The lowest BCUT2D eigenvalue weighted by molar-refractivity contribution is -0.143. The van der Waals surface area contributed by atoms with Gasteiger partial charge in [0, 0.05) is 5.92 Å². The molecule has 3 N–H and O–H groups in total. The first-order chi connectivity index (χ1) is 21.1. The third-order valence-corrected chi connectivity index (χ3v) is 8.56. The number of allylic oxidation sites excluding steroid dienone is 2. The van der Waals surface area contributed by atoms with Crippen LogP contribution in [0.5, 0.6) is 5.75 Å². The number of amides is 2. The molecule has 12 heteroatoms. The Morgan fingerprint density at radius 1 is 1.00 bits per heavy atom. The van der Waals surface area contributed by atoms with Crippen molar-refractivity contribution in [1.29, 1.82) is 0 Å². The van der Waals surface area contributed by atoms with Gasteiger partial charge in [0.05, 0.1) is 41.4 Å². The number of imide groups is 1. The molecule has 4 rings (SSSR count).